The Hall–Kier alpha value is -2.87. The maximum absolute atomic E-state index is 5.52. The Morgan fingerprint density at radius 2 is 1.68 bits per heavy atom. The lowest BCUT2D eigenvalue weighted by Gasteiger charge is -2.13. The quantitative estimate of drug-likeness (QED) is 0.630. The molecule has 4 nitrogen and oxygen atoms in total. The zero-order valence-electron chi connectivity index (χ0n) is 14.3. The van der Waals surface area contributed by atoms with Gasteiger partial charge in [-0.3, -0.25) is 0 Å². The minimum absolute atomic E-state index is 0.291. The maximum Gasteiger partial charge on any atom is 0.137 e. The highest BCUT2D eigenvalue weighted by molar-refractivity contribution is 5.57. The Bertz CT molecular complexity index is 838. The van der Waals surface area contributed by atoms with Crippen LogP contribution >= 0.6 is 0 Å². The SMILES string of the molecule is C[C@@H](NCCN)c1ccc(C#Cc2ccc(-c3ncc[nH]3)cc2)cc1. The first-order valence-electron chi connectivity index (χ1n) is 8.41. The third kappa shape index (κ3) is 4.57. The standard InChI is InChI=1S/C21H22N4/c1-16(23-13-12-22)19-8-4-17(5-9-19)2-3-18-6-10-20(11-7-18)21-24-14-15-25-21/h4-11,14-16,23H,12-13,22H2,1H3,(H,24,25)/t16-/m1/s1. The first-order chi connectivity index (χ1) is 12.3. The molecule has 1 atom stereocenters. The summed E-state index contributed by atoms with van der Waals surface area (Å²) >= 11 is 0. The Morgan fingerprint density at radius 3 is 2.24 bits per heavy atom. The van der Waals surface area contributed by atoms with Crippen molar-refractivity contribution in [3.05, 3.63) is 77.6 Å². The largest absolute Gasteiger partial charge is 0.345 e. The molecule has 4 heteroatoms. The lowest BCUT2D eigenvalue weighted by Crippen LogP contribution is -2.25. The van der Waals surface area contributed by atoms with Gasteiger partial charge in [0.15, 0.2) is 0 Å². The van der Waals surface area contributed by atoms with Gasteiger partial charge in [0.05, 0.1) is 0 Å². The van der Waals surface area contributed by atoms with E-state index in [1.807, 2.05) is 30.5 Å². The maximum atomic E-state index is 5.52. The van der Waals surface area contributed by atoms with E-state index in [1.165, 1.54) is 5.56 Å². The molecule has 0 unspecified atom stereocenters. The summed E-state index contributed by atoms with van der Waals surface area (Å²) in [6.07, 6.45) is 3.57. The summed E-state index contributed by atoms with van der Waals surface area (Å²) in [6, 6.07) is 16.7. The van der Waals surface area contributed by atoms with Crippen molar-refractivity contribution in [3.63, 3.8) is 0 Å². The fraction of sp³-hybridized carbons (Fsp3) is 0.190. The molecule has 0 bridgehead atoms. The Kier molecular flexibility index (Phi) is 5.63. The third-order valence-electron chi connectivity index (χ3n) is 4.01. The van der Waals surface area contributed by atoms with Crippen molar-refractivity contribution in [2.75, 3.05) is 13.1 Å². The minimum Gasteiger partial charge on any atom is -0.345 e. The average molecular weight is 330 g/mol. The van der Waals surface area contributed by atoms with Gasteiger partial charge in [0.25, 0.3) is 0 Å². The van der Waals surface area contributed by atoms with Crippen molar-refractivity contribution in [1.29, 1.82) is 0 Å². The second kappa shape index (κ2) is 8.29. The smallest absolute Gasteiger partial charge is 0.137 e. The summed E-state index contributed by atoms with van der Waals surface area (Å²) in [5, 5.41) is 3.37. The molecule has 3 aromatic rings. The first-order valence-corrected chi connectivity index (χ1v) is 8.41. The number of aromatic amines is 1. The number of rotatable bonds is 5. The number of imidazole rings is 1. The molecule has 1 aromatic heterocycles. The normalized spacial score (nSPS) is 11.6. The van der Waals surface area contributed by atoms with Crippen molar-refractivity contribution < 1.29 is 0 Å². The monoisotopic (exact) mass is 330 g/mol. The van der Waals surface area contributed by atoms with Crippen molar-refractivity contribution >= 4 is 0 Å². The van der Waals surface area contributed by atoms with E-state index in [2.05, 4.69) is 58.3 Å². The van der Waals surface area contributed by atoms with E-state index in [4.69, 9.17) is 5.73 Å². The van der Waals surface area contributed by atoms with E-state index in [0.29, 0.717) is 12.6 Å². The molecule has 126 valence electrons. The highest BCUT2D eigenvalue weighted by Gasteiger charge is 2.03. The third-order valence-corrected chi connectivity index (χ3v) is 4.01. The van der Waals surface area contributed by atoms with Gasteiger partial charge in [0, 0.05) is 48.2 Å². The van der Waals surface area contributed by atoms with E-state index in [1.54, 1.807) is 6.20 Å². The lowest BCUT2D eigenvalue weighted by atomic mass is 10.1. The minimum atomic E-state index is 0.291. The van der Waals surface area contributed by atoms with E-state index in [0.717, 1.165) is 29.1 Å². The average Bonchev–Trinajstić information content (AvgIpc) is 3.20. The number of hydrogen-bond donors (Lipinski definition) is 3. The number of aromatic nitrogens is 2. The van der Waals surface area contributed by atoms with Gasteiger partial charge in [-0.15, -0.1) is 0 Å². The van der Waals surface area contributed by atoms with Crippen molar-refractivity contribution in [2.45, 2.75) is 13.0 Å². The number of nitrogens with zero attached hydrogens (tertiary/aromatic N) is 1. The lowest BCUT2D eigenvalue weighted by molar-refractivity contribution is 0.582. The van der Waals surface area contributed by atoms with E-state index in [-0.39, 0.29) is 0 Å². The number of H-pyrrole nitrogens is 1. The molecule has 2 aromatic carbocycles. The molecule has 25 heavy (non-hydrogen) atoms. The predicted molar refractivity (Wildman–Crippen MR) is 102 cm³/mol. The Morgan fingerprint density at radius 1 is 1.04 bits per heavy atom. The molecular weight excluding hydrogens is 308 g/mol. The second-order valence-corrected chi connectivity index (χ2v) is 5.85. The number of nitrogens with one attached hydrogen (secondary N) is 2. The van der Waals surface area contributed by atoms with Crippen molar-refractivity contribution in [3.8, 4) is 23.2 Å². The van der Waals surface area contributed by atoms with Crippen LogP contribution in [0.4, 0.5) is 0 Å². The van der Waals surface area contributed by atoms with Crippen molar-refractivity contribution in [1.82, 2.24) is 15.3 Å². The molecule has 0 aliphatic rings. The van der Waals surface area contributed by atoms with E-state index < -0.39 is 0 Å². The highest BCUT2D eigenvalue weighted by Crippen LogP contribution is 2.15. The van der Waals surface area contributed by atoms with Gasteiger partial charge >= 0.3 is 0 Å². The van der Waals surface area contributed by atoms with E-state index >= 15 is 0 Å². The Balaban J connectivity index is 1.67. The number of hydrogen-bond acceptors (Lipinski definition) is 3. The van der Waals surface area contributed by atoms with Gasteiger partial charge < -0.3 is 16.0 Å². The molecule has 1 heterocycles. The van der Waals surface area contributed by atoms with Gasteiger partial charge in [0.1, 0.15) is 5.82 Å². The molecule has 0 amide bonds. The number of nitrogens with two attached hydrogens (primary N) is 1. The van der Waals surface area contributed by atoms with Crippen LogP contribution in [0.5, 0.6) is 0 Å². The van der Waals surface area contributed by atoms with Gasteiger partial charge in [-0.2, -0.15) is 0 Å². The fourth-order valence-electron chi connectivity index (χ4n) is 2.55. The molecule has 0 saturated heterocycles. The summed E-state index contributed by atoms with van der Waals surface area (Å²) in [5.74, 6) is 7.28. The van der Waals surface area contributed by atoms with Gasteiger partial charge in [-0.1, -0.05) is 36.1 Å². The van der Waals surface area contributed by atoms with Gasteiger partial charge in [0.2, 0.25) is 0 Å². The zero-order valence-corrected chi connectivity index (χ0v) is 14.3. The van der Waals surface area contributed by atoms with Crippen LogP contribution in [-0.4, -0.2) is 23.1 Å². The molecule has 0 aliphatic heterocycles. The van der Waals surface area contributed by atoms with Crippen LogP contribution in [0.3, 0.4) is 0 Å². The molecule has 0 aliphatic carbocycles. The van der Waals surface area contributed by atoms with Crippen LogP contribution in [0.15, 0.2) is 60.9 Å². The summed E-state index contributed by atoms with van der Waals surface area (Å²) in [7, 11) is 0. The van der Waals surface area contributed by atoms with Crippen molar-refractivity contribution in [2.24, 2.45) is 5.73 Å². The summed E-state index contributed by atoms with van der Waals surface area (Å²) in [6.45, 7) is 3.60. The highest BCUT2D eigenvalue weighted by atomic mass is 14.9. The van der Waals surface area contributed by atoms with Crippen LogP contribution < -0.4 is 11.1 Å². The molecule has 4 N–H and O–H groups in total. The fourth-order valence-corrected chi connectivity index (χ4v) is 2.55. The summed E-state index contributed by atoms with van der Waals surface area (Å²) < 4.78 is 0. The van der Waals surface area contributed by atoms with Gasteiger partial charge in [-0.05, 0) is 36.8 Å². The molecular formula is C21H22N4. The molecule has 0 fully saturated rings. The second-order valence-electron chi connectivity index (χ2n) is 5.85. The van der Waals surface area contributed by atoms with Crippen LogP contribution in [0, 0.1) is 11.8 Å². The summed E-state index contributed by atoms with van der Waals surface area (Å²) in [5.41, 5.74) is 9.81. The van der Waals surface area contributed by atoms with Crippen LogP contribution in [0.1, 0.15) is 29.7 Å². The molecule has 0 radical (unpaired) electrons. The molecule has 0 spiro atoms. The van der Waals surface area contributed by atoms with Crippen LogP contribution in [0.25, 0.3) is 11.4 Å². The van der Waals surface area contributed by atoms with Gasteiger partial charge in [-0.25, -0.2) is 4.98 Å². The summed E-state index contributed by atoms with van der Waals surface area (Å²) in [4.78, 5) is 7.35. The first kappa shape index (κ1) is 17.0. The van der Waals surface area contributed by atoms with E-state index in [9.17, 15) is 0 Å². The van der Waals surface area contributed by atoms with Crippen LogP contribution in [0.2, 0.25) is 0 Å². The predicted octanol–water partition coefficient (Wildman–Crippen LogP) is 3.09. The zero-order chi connectivity index (χ0) is 17.5. The van der Waals surface area contributed by atoms with Crippen LogP contribution in [-0.2, 0) is 0 Å². The topological polar surface area (TPSA) is 66.7 Å². The molecule has 3 rings (SSSR count). The Labute approximate surface area is 148 Å². The molecule has 0 saturated carbocycles. The number of benzene rings is 2.